The largest absolute Gasteiger partial charge is 0.497 e. The molecule has 1 atom stereocenters. The van der Waals surface area contributed by atoms with Gasteiger partial charge in [-0.05, 0) is 36.8 Å². The quantitative estimate of drug-likeness (QED) is 0.839. The normalized spacial score (nSPS) is 11.9. The molecule has 0 aliphatic carbocycles. The summed E-state index contributed by atoms with van der Waals surface area (Å²) in [6.45, 7) is 1.88. The van der Waals surface area contributed by atoms with E-state index in [9.17, 15) is 9.18 Å². The number of hydrogen-bond acceptors (Lipinski definition) is 2. The highest BCUT2D eigenvalue weighted by Gasteiger charge is 2.21. The van der Waals surface area contributed by atoms with E-state index in [1.165, 1.54) is 24.1 Å². The molecule has 3 nitrogen and oxygen atoms in total. The van der Waals surface area contributed by atoms with E-state index in [-0.39, 0.29) is 17.5 Å². The summed E-state index contributed by atoms with van der Waals surface area (Å²) in [6.07, 6.45) is 0. The Morgan fingerprint density at radius 2 is 1.86 bits per heavy atom. The van der Waals surface area contributed by atoms with E-state index >= 15 is 0 Å². The van der Waals surface area contributed by atoms with Crippen LogP contribution in [0.4, 0.5) is 4.39 Å². The minimum atomic E-state index is -0.598. The molecule has 2 aromatic rings. The van der Waals surface area contributed by atoms with Crippen molar-refractivity contribution in [1.82, 2.24) is 4.90 Å². The zero-order valence-corrected chi connectivity index (χ0v) is 13.4. The lowest BCUT2D eigenvalue weighted by Crippen LogP contribution is -2.30. The summed E-state index contributed by atoms with van der Waals surface area (Å²) in [6, 6.07) is 11.2. The van der Waals surface area contributed by atoms with Crippen LogP contribution in [0, 0.1) is 5.82 Å². The topological polar surface area (TPSA) is 29.5 Å². The number of hydrogen-bond donors (Lipinski definition) is 0. The van der Waals surface area contributed by atoms with Gasteiger partial charge in [-0.2, -0.15) is 0 Å². The second-order valence-corrected chi connectivity index (χ2v) is 5.43. The van der Waals surface area contributed by atoms with E-state index in [2.05, 4.69) is 0 Å². The molecule has 0 radical (unpaired) electrons. The number of amides is 1. The Morgan fingerprint density at radius 1 is 1.23 bits per heavy atom. The number of methoxy groups -OCH3 is 1. The highest BCUT2D eigenvalue weighted by atomic mass is 35.5. The van der Waals surface area contributed by atoms with E-state index in [0.29, 0.717) is 10.8 Å². The molecule has 1 amide bonds. The van der Waals surface area contributed by atoms with Crippen LogP contribution >= 0.6 is 11.6 Å². The predicted octanol–water partition coefficient (Wildman–Crippen LogP) is 4.32. The van der Waals surface area contributed by atoms with Crippen molar-refractivity contribution in [3.05, 3.63) is 64.4 Å². The molecular formula is C17H17ClFNO2. The van der Waals surface area contributed by atoms with E-state index < -0.39 is 5.82 Å². The minimum absolute atomic E-state index is 0.0177. The Balaban J connectivity index is 2.23. The van der Waals surface area contributed by atoms with Crippen LogP contribution in [0.15, 0.2) is 42.5 Å². The molecule has 0 aliphatic rings. The maximum Gasteiger partial charge on any atom is 0.257 e. The minimum Gasteiger partial charge on any atom is -0.497 e. The van der Waals surface area contributed by atoms with Gasteiger partial charge in [-0.3, -0.25) is 4.79 Å². The van der Waals surface area contributed by atoms with Gasteiger partial charge >= 0.3 is 0 Å². The molecule has 0 saturated carbocycles. The number of halogens is 2. The fraction of sp³-hybridized carbons (Fsp3) is 0.235. The van der Waals surface area contributed by atoms with E-state index in [4.69, 9.17) is 16.3 Å². The zero-order chi connectivity index (χ0) is 16.3. The monoisotopic (exact) mass is 321 g/mol. The molecular weight excluding hydrogens is 305 g/mol. The number of ether oxygens (including phenoxy) is 1. The van der Waals surface area contributed by atoms with Crippen molar-refractivity contribution in [3.63, 3.8) is 0 Å². The lowest BCUT2D eigenvalue weighted by Gasteiger charge is -2.25. The molecule has 0 bridgehead atoms. The third-order valence-corrected chi connectivity index (χ3v) is 3.91. The summed E-state index contributed by atoms with van der Waals surface area (Å²) < 4.78 is 19.0. The third kappa shape index (κ3) is 3.39. The Morgan fingerprint density at radius 3 is 2.41 bits per heavy atom. The molecule has 0 aliphatic heterocycles. The maximum absolute atomic E-state index is 14.0. The number of rotatable bonds is 4. The van der Waals surface area contributed by atoms with Crippen LogP contribution in [0.3, 0.4) is 0 Å². The van der Waals surface area contributed by atoms with Gasteiger partial charge in [0.15, 0.2) is 0 Å². The molecule has 0 saturated heterocycles. The number of benzene rings is 2. The van der Waals surface area contributed by atoms with E-state index in [1.54, 1.807) is 25.2 Å². The van der Waals surface area contributed by atoms with Crippen molar-refractivity contribution < 1.29 is 13.9 Å². The van der Waals surface area contributed by atoms with Crippen LogP contribution in [-0.4, -0.2) is 25.0 Å². The first kappa shape index (κ1) is 16.3. The Bertz CT molecular complexity index is 673. The Hall–Kier alpha value is -2.07. The van der Waals surface area contributed by atoms with E-state index in [0.717, 1.165) is 5.56 Å². The third-order valence-electron chi connectivity index (χ3n) is 3.66. The van der Waals surface area contributed by atoms with Gasteiger partial charge in [-0.25, -0.2) is 4.39 Å². The Kier molecular flexibility index (Phi) is 5.03. The van der Waals surface area contributed by atoms with Gasteiger partial charge in [-0.1, -0.05) is 23.7 Å². The smallest absolute Gasteiger partial charge is 0.257 e. The Labute approximate surface area is 134 Å². The number of carbonyl (C=O) groups excluding carboxylic acids is 1. The highest BCUT2D eigenvalue weighted by molar-refractivity contribution is 6.30. The van der Waals surface area contributed by atoms with Crippen LogP contribution in [0.1, 0.15) is 28.9 Å². The van der Waals surface area contributed by atoms with Gasteiger partial charge in [-0.15, -0.1) is 0 Å². The molecule has 0 heterocycles. The van der Waals surface area contributed by atoms with Gasteiger partial charge in [0, 0.05) is 18.1 Å². The fourth-order valence-corrected chi connectivity index (χ4v) is 2.25. The maximum atomic E-state index is 14.0. The molecule has 1 unspecified atom stereocenters. The summed E-state index contributed by atoms with van der Waals surface area (Å²) in [5.74, 6) is -0.607. The molecule has 2 aromatic carbocycles. The average Bonchev–Trinajstić information content (AvgIpc) is 2.53. The average molecular weight is 322 g/mol. The molecule has 0 fully saturated rings. The molecule has 0 aromatic heterocycles. The summed E-state index contributed by atoms with van der Waals surface area (Å²) in [4.78, 5) is 14.0. The van der Waals surface area contributed by atoms with Crippen molar-refractivity contribution in [2.45, 2.75) is 13.0 Å². The van der Waals surface area contributed by atoms with Crippen LogP contribution in [0.5, 0.6) is 5.75 Å². The van der Waals surface area contributed by atoms with Crippen LogP contribution < -0.4 is 4.74 Å². The fourth-order valence-electron chi connectivity index (χ4n) is 2.13. The standard InChI is InChI=1S/C17H17ClFNO2/c1-11(12-4-6-13(18)7-5-12)20(2)17(21)15-9-8-14(22-3)10-16(15)19/h4-11H,1-3H3. The summed E-state index contributed by atoms with van der Waals surface area (Å²) >= 11 is 5.86. The molecule has 116 valence electrons. The van der Waals surface area contributed by atoms with Crippen LogP contribution in [-0.2, 0) is 0 Å². The van der Waals surface area contributed by atoms with E-state index in [1.807, 2.05) is 19.1 Å². The zero-order valence-electron chi connectivity index (χ0n) is 12.6. The van der Waals surface area contributed by atoms with Gasteiger partial charge in [0.1, 0.15) is 11.6 Å². The van der Waals surface area contributed by atoms with Crippen molar-refractivity contribution >= 4 is 17.5 Å². The number of carbonyl (C=O) groups is 1. The second-order valence-electron chi connectivity index (χ2n) is 4.99. The van der Waals surface area contributed by atoms with Crippen LogP contribution in [0.2, 0.25) is 5.02 Å². The number of nitrogens with zero attached hydrogens (tertiary/aromatic N) is 1. The van der Waals surface area contributed by atoms with Gasteiger partial charge in [0.2, 0.25) is 0 Å². The molecule has 22 heavy (non-hydrogen) atoms. The first-order valence-electron chi connectivity index (χ1n) is 6.80. The summed E-state index contributed by atoms with van der Waals surface area (Å²) in [5.41, 5.74) is 0.943. The van der Waals surface area contributed by atoms with Crippen molar-refractivity contribution in [2.75, 3.05) is 14.2 Å². The van der Waals surface area contributed by atoms with Gasteiger partial charge in [0.25, 0.3) is 5.91 Å². The summed E-state index contributed by atoms with van der Waals surface area (Å²) in [7, 11) is 3.09. The first-order chi connectivity index (χ1) is 10.4. The lowest BCUT2D eigenvalue weighted by atomic mass is 10.1. The molecule has 0 N–H and O–H groups in total. The summed E-state index contributed by atoms with van der Waals surface area (Å²) in [5, 5.41) is 0.631. The lowest BCUT2D eigenvalue weighted by molar-refractivity contribution is 0.0738. The van der Waals surface area contributed by atoms with Gasteiger partial charge in [0.05, 0.1) is 18.7 Å². The van der Waals surface area contributed by atoms with Crippen molar-refractivity contribution in [2.24, 2.45) is 0 Å². The van der Waals surface area contributed by atoms with Gasteiger partial charge < -0.3 is 9.64 Å². The SMILES string of the molecule is COc1ccc(C(=O)N(C)C(C)c2ccc(Cl)cc2)c(F)c1. The van der Waals surface area contributed by atoms with Crippen LogP contribution in [0.25, 0.3) is 0 Å². The predicted molar refractivity (Wildman–Crippen MR) is 84.9 cm³/mol. The molecule has 0 spiro atoms. The second kappa shape index (κ2) is 6.79. The van der Waals surface area contributed by atoms with Crippen molar-refractivity contribution in [1.29, 1.82) is 0 Å². The molecule has 2 rings (SSSR count). The molecule has 5 heteroatoms. The van der Waals surface area contributed by atoms with Crippen molar-refractivity contribution in [3.8, 4) is 5.75 Å². The first-order valence-corrected chi connectivity index (χ1v) is 7.18. The highest BCUT2D eigenvalue weighted by Crippen LogP contribution is 2.24.